The maximum Gasteiger partial charge on any atom is 0.416 e. The molecule has 1 saturated heterocycles. The first-order valence-corrected chi connectivity index (χ1v) is 9.91. The zero-order valence-electron chi connectivity index (χ0n) is 17.3. The van der Waals surface area contributed by atoms with Crippen LogP contribution < -0.4 is 4.90 Å². The zero-order valence-corrected chi connectivity index (χ0v) is 17.3. The Labute approximate surface area is 158 Å². The fraction of sp³-hybridized carbons (Fsp3) is 0.714. The van der Waals surface area contributed by atoms with Crippen molar-refractivity contribution in [3.05, 3.63) is 23.9 Å². The summed E-state index contributed by atoms with van der Waals surface area (Å²) in [6, 6.07) is 4.54. The standard InChI is InChI=1S/C21H35N3O2/c1-7-12-23-13-8-9-18(23)17-10-11-19(22-14-17)24(15-16(2)3)20(25)26-21(4,5)6/h10-11,14,16,18H,7-9,12-13,15H2,1-6H3/t18-/m0/s1. The lowest BCUT2D eigenvalue weighted by molar-refractivity contribution is 0.0575. The molecule has 0 spiro atoms. The van der Waals surface area contributed by atoms with Gasteiger partial charge in [0, 0.05) is 18.8 Å². The summed E-state index contributed by atoms with van der Waals surface area (Å²) >= 11 is 0. The molecule has 5 heteroatoms. The summed E-state index contributed by atoms with van der Waals surface area (Å²) in [5, 5.41) is 0. The van der Waals surface area contributed by atoms with Gasteiger partial charge in [-0.3, -0.25) is 9.80 Å². The van der Waals surface area contributed by atoms with Gasteiger partial charge in [-0.25, -0.2) is 9.78 Å². The molecule has 0 aliphatic carbocycles. The number of hydrogen-bond acceptors (Lipinski definition) is 4. The van der Waals surface area contributed by atoms with Crippen LogP contribution in [0.5, 0.6) is 0 Å². The van der Waals surface area contributed by atoms with Gasteiger partial charge in [0.2, 0.25) is 0 Å². The molecule has 1 aliphatic heterocycles. The summed E-state index contributed by atoms with van der Waals surface area (Å²) in [6.45, 7) is 14.9. The van der Waals surface area contributed by atoms with E-state index in [2.05, 4.69) is 36.7 Å². The van der Waals surface area contributed by atoms with Crippen molar-refractivity contribution in [2.45, 2.75) is 72.4 Å². The fourth-order valence-electron chi connectivity index (χ4n) is 3.46. The van der Waals surface area contributed by atoms with E-state index in [0.29, 0.717) is 24.3 Å². The summed E-state index contributed by atoms with van der Waals surface area (Å²) in [5.41, 5.74) is 0.727. The average molecular weight is 362 g/mol. The summed E-state index contributed by atoms with van der Waals surface area (Å²) in [6.07, 6.45) is 5.20. The number of rotatable bonds is 6. The Bertz CT molecular complexity index is 578. The normalized spacial score (nSPS) is 18.3. The van der Waals surface area contributed by atoms with Crippen LogP contribution in [0, 0.1) is 5.92 Å². The minimum absolute atomic E-state index is 0.332. The number of aromatic nitrogens is 1. The van der Waals surface area contributed by atoms with Crippen molar-refractivity contribution in [2.24, 2.45) is 5.92 Å². The quantitative estimate of drug-likeness (QED) is 0.713. The zero-order chi connectivity index (χ0) is 19.3. The van der Waals surface area contributed by atoms with Gasteiger partial charge in [-0.15, -0.1) is 0 Å². The van der Waals surface area contributed by atoms with Crippen molar-refractivity contribution in [2.75, 3.05) is 24.5 Å². The van der Waals surface area contributed by atoms with Gasteiger partial charge in [-0.1, -0.05) is 26.8 Å². The third-order valence-electron chi connectivity index (χ3n) is 4.47. The van der Waals surface area contributed by atoms with Gasteiger partial charge in [0.15, 0.2) is 0 Å². The maximum atomic E-state index is 12.6. The van der Waals surface area contributed by atoms with E-state index < -0.39 is 5.60 Å². The highest BCUT2D eigenvalue weighted by atomic mass is 16.6. The SMILES string of the molecule is CCCN1CCC[C@H]1c1ccc(N(CC(C)C)C(=O)OC(C)(C)C)nc1. The molecule has 1 amide bonds. The number of carbonyl (C=O) groups excluding carboxylic acids is 1. The van der Waals surface area contributed by atoms with Crippen LogP contribution in [0.4, 0.5) is 10.6 Å². The minimum Gasteiger partial charge on any atom is -0.443 e. The smallest absolute Gasteiger partial charge is 0.416 e. The van der Waals surface area contributed by atoms with Crippen LogP contribution in [0.15, 0.2) is 18.3 Å². The average Bonchev–Trinajstić information content (AvgIpc) is 2.99. The molecule has 0 aromatic carbocycles. The van der Waals surface area contributed by atoms with Crippen molar-refractivity contribution < 1.29 is 9.53 Å². The number of carbonyl (C=O) groups is 1. The number of pyridine rings is 1. The molecule has 5 nitrogen and oxygen atoms in total. The first kappa shape index (κ1) is 20.7. The molecular weight excluding hydrogens is 326 g/mol. The monoisotopic (exact) mass is 361 g/mol. The Morgan fingerprint density at radius 1 is 1.38 bits per heavy atom. The lowest BCUT2D eigenvalue weighted by Crippen LogP contribution is -2.39. The molecular formula is C21H35N3O2. The van der Waals surface area contributed by atoms with Gasteiger partial charge in [0.1, 0.15) is 11.4 Å². The summed E-state index contributed by atoms with van der Waals surface area (Å²) in [4.78, 5) is 21.4. The van der Waals surface area contributed by atoms with Gasteiger partial charge in [0.05, 0.1) is 0 Å². The highest BCUT2D eigenvalue weighted by Crippen LogP contribution is 2.32. The molecule has 1 fully saturated rings. The Morgan fingerprint density at radius 2 is 2.12 bits per heavy atom. The molecule has 0 unspecified atom stereocenters. The highest BCUT2D eigenvalue weighted by Gasteiger charge is 2.27. The molecule has 1 aromatic rings. The largest absolute Gasteiger partial charge is 0.443 e. The second kappa shape index (κ2) is 8.85. The third kappa shape index (κ3) is 5.70. The van der Waals surface area contributed by atoms with Crippen LogP contribution >= 0.6 is 0 Å². The summed E-state index contributed by atoms with van der Waals surface area (Å²) in [7, 11) is 0. The lowest BCUT2D eigenvalue weighted by atomic mass is 10.1. The van der Waals surface area contributed by atoms with Crippen LogP contribution in [-0.2, 0) is 4.74 Å². The predicted molar refractivity (Wildman–Crippen MR) is 106 cm³/mol. The number of likely N-dealkylation sites (tertiary alicyclic amines) is 1. The topological polar surface area (TPSA) is 45.7 Å². The van der Waals surface area contributed by atoms with Crippen molar-refractivity contribution in [1.82, 2.24) is 9.88 Å². The van der Waals surface area contributed by atoms with Gasteiger partial charge >= 0.3 is 6.09 Å². The lowest BCUT2D eigenvalue weighted by Gasteiger charge is -2.28. The molecule has 146 valence electrons. The number of hydrogen-bond donors (Lipinski definition) is 0. The van der Waals surface area contributed by atoms with Crippen molar-refractivity contribution in [3.63, 3.8) is 0 Å². The second-order valence-corrected chi connectivity index (χ2v) is 8.63. The highest BCUT2D eigenvalue weighted by molar-refractivity contribution is 5.86. The molecule has 1 atom stereocenters. The second-order valence-electron chi connectivity index (χ2n) is 8.63. The molecule has 1 aromatic heterocycles. The van der Waals surface area contributed by atoms with Crippen molar-refractivity contribution in [1.29, 1.82) is 0 Å². The minimum atomic E-state index is -0.517. The van der Waals surface area contributed by atoms with E-state index in [1.165, 1.54) is 24.8 Å². The van der Waals surface area contributed by atoms with E-state index in [-0.39, 0.29) is 6.09 Å². The maximum absolute atomic E-state index is 12.6. The number of nitrogens with zero attached hydrogens (tertiary/aromatic N) is 3. The van der Waals surface area contributed by atoms with Gasteiger partial charge in [-0.2, -0.15) is 0 Å². The Kier molecular flexibility index (Phi) is 7.04. The molecule has 0 N–H and O–H groups in total. The molecule has 2 heterocycles. The van der Waals surface area contributed by atoms with Gasteiger partial charge in [0.25, 0.3) is 0 Å². The number of ether oxygens (including phenoxy) is 1. The van der Waals surface area contributed by atoms with Crippen molar-refractivity contribution in [3.8, 4) is 0 Å². The molecule has 0 bridgehead atoms. The predicted octanol–water partition coefficient (Wildman–Crippen LogP) is 5.03. The Morgan fingerprint density at radius 3 is 2.65 bits per heavy atom. The van der Waals surface area contributed by atoms with Gasteiger partial charge in [-0.05, 0) is 70.7 Å². The molecule has 26 heavy (non-hydrogen) atoms. The summed E-state index contributed by atoms with van der Waals surface area (Å²) in [5.74, 6) is 0.996. The van der Waals surface area contributed by atoms with Crippen molar-refractivity contribution >= 4 is 11.9 Å². The van der Waals surface area contributed by atoms with E-state index in [4.69, 9.17) is 4.74 Å². The molecule has 0 radical (unpaired) electrons. The summed E-state index contributed by atoms with van der Waals surface area (Å²) < 4.78 is 5.57. The Hall–Kier alpha value is -1.62. The number of amides is 1. The first-order chi connectivity index (χ1) is 12.2. The van der Waals surface area contributed by atoms with Crippen LogP contribution in [0.1, 0.15) is 72.4 Å². The van der Waals surface area contributed by atoms with E-state index in [0.717, 1.165) is 13.1 Å². The number of anilines is 1. The van der Waals surface area contributed by atoms with E-state index in [1.807, 2.05) is 33.0 Å². The van der Waals surface area contributed by atoms with E-state index in [9.17, 15) is 4.79 Å². The molecule has 0 saturated carbocycles. The third-order valence-corrected chi connectivity index (χ3v) is 4.47. The first-order valence-electron chi connectivity index (χ1n) is 9.91. The van der Waals surface area contributed by atoms with Gasteiger partial charge < -0.3 is 4.74 Å². The fourth-order valence-corrected chi connectivity index (χ4v) is 3.46. The van der Waals surface area contributed by atoms with E-state index in [1.54, 1.807) is 4.90 Å². The molecule has 2 rings (SSSR count). The van der Waals surface area contributed by atoms with Crippen LogP contribution in [0.2, 0.25) is 0 Å². The van der Waals surface area contributed by atoms with E-state index >= 15 is 0 Å². The van der Waals surface area contributed by atoms with Crippen LogP contribution in [-0.4, -0.2) is 41.2 Å². The van der Waals surface area contributed by atoms with Crippen LogP contribution in [0.3, 0.4) is 0 Å². The molecule has 1 aliphatic rings. The van der Waals surface area contributed by atoms with Crippen LogP contribution in [0.25, 0.3) is 0 Å². The Balaban J connectivity index is 2.17.